The fourth-order valence-electron chi connectivity index (χ4n) is 1.18. The molecule has 1 aromatic heterocycles. The normalized spacial score (nSPS) is 14.0. The van der Waals surface area contributed by atoms with Crippen molar-refractivity contribution in [1.29, 1.82) is 0 Å². The summed E-state index contributed by atoms with van der Waals surface area (Å²) in [6.45, 7) is 1.06. The highest BCUT2D eigenvalue weighted by atomic mass is 35.5. The first-order valence-electron chi connectivity index (χ1n) is 3.95. The van der Waals surface area contributed by atoms with Crippen LogP contribution in [0.5, 0.6) is 11.6 Å². The van der Waals surface area contributed by atoms with E-state index in [1.54, 1.807) is 13.1 Å². The third-order valence-electron chi connectivity index (χ3n) is 1.75. The Kier molecular flexibility index (Phi) is 2.14. The maximum atomic E-state index is 5.77. The number of ether oxygens (including phenoxy) is 2. The van der Waals surface area contributed by atoms with E-state index in [9.17, 15) is 0 Å². The number of nitrogens with one attached hydrogen (secondary N) is 1. The molecule has 0 atom stereocenters. The summed E-state index contributed by atoms with van der Waals surface area (Å²) >= 11 is 5.77. The van der Waals surface area contributed by atoms with Crippen LogP contribution in [0.3, 0.4) is 0 Å². The summed E-state index contributed by atoms with van der Waals surface area (Å²) in [6.07, 6.45) is 0. The van der Waals surface area contributed by atoms with Gasteiger partial charge in [-0.05, 0) is 0 Å². The van der Waals surface area contributed by atoms with Gasteiger partial charge < -0.3 is 14.8 Å². The van der Waals surface area contributed by atoms with Crippen LogP contribution >= 0.6 is 11.6 Å². The predicted molar refractivity (Wildman–Crippen MR) is 49.8 cm³/mol. The number of nitrogens with zero attached hydrogens (tertiary/aromatic N) is 1. The zero-order chi connectivity index (χ0) is 9.26. The minimum atomic E-state index is 0.397. The molecule has 70 valence electrons. The number of aromatic nitrogens is 1. The molecule has 0 saturated carbocycles. The van der Waals surface area contributed by atoms with Crippen molar-refractivity contribution in [3.05, 3.63) is 11.2 Å². The van der Waals surface area contributed by atoms with E-state index in [2.05, 4.69) is 10.3 Å². The Morgan fingerprint density at radius 1 is 1.46 bits per heavy atom. The largest absolute Gasteiger partial charge is 0.483 e. The first kappa shape index (κ1) is 8.44. The lowest BCUT2D eigenvalue weighted by Crippen LogP contribution is -2.17. The maximum Gasteiger partial charge on any atom is 0.260 e. The highest BCUT2D eigenvalue weighted by molar-refractivity contribution is 6.29. The van der Waals surface area contributed by atoms with Gasteiger partial charge in [-0.2, -0.15) is 4.98 Å². The molecule has 0 amide bonds. The summed E-state index contributed by atoms with van der Waals surface area (Å²) in [5, 5.41) is 3.36. The van der Waals surface area contributed by atoms with Crippen LogP contribution in [0.1, 0.15) is 0 Å². The molecule has 0 bridgehead atoms. The smallest absolute Gasteiger partial charge is 0.260 e. The molecule has 2 heterocycles. The van der Waals surface area contributed by atoms with Crippen LogP contribution in [0.15, 0.2) is 6.07 Å². The fourth-order valence-corrected chi connectivity index (χ4v) is 1.37. The topological polar surface area (TPSA) is 43.4 Å². The number of halogens is 1. The molecule has 2 rings (SSSR count). The Bertz CT molecular complexity index is 313. The maximum absolute atomic E-state index is 5.77. The van der Waals surface area contributed by atoms with Crippen LogP contribution in [-0.4, -0.2) is 25.2 Å². The number of fused-ring (bicyclic) bond motifs is 1. The van der Waals surface area contributed by atoms with Gasteiger partial charge in [0.15, 0.2) is 0 Å². The van der Waals surface area contributed by atoms with Gasteiger partial charge in [0.2, 0.25) is 5.75 Å². The van der Waals surface area contributed by atoms with Crippen LogP contribution < -0.4 is 14.8 Å². The summed E-state index contributed by atoms with van der Waals surface area (Å²) in [5.74, 6) is 1.10. The molecule has 0 unspecified atom stereocenters. The van der Waals surface area contributed by atoms with Gasteiger partial charge in [-0.15, -0.1) is 0 Å². The second kappa shape index (κ2) is 3.30. The first-order valence-corrected chi connectivity index (χ1v) is 4.33. The molecule has 1 N–H and O–H groups in total. The molecule has 0 radical (unpaired) electrons. The Morgan fingerprint density at radius 3 is 3.00 bits per heavy atom. The summed E-state index contributed by atoms with van der Waals surface area (Å²) in [4.78, 5) is 4.00. The molecular weight excluding hydrogens is 192 g/mol. The molecule has 13 heavy (non-hydrogen) atoms. The van der Waals surface area contributed by atoms with Gasteiger partial charge in [-0.1, -0.05) is 11.6 Å². The summed E-state index contributed by atoms with van der Waals surface area (Å²) in [7, 11) is 1.80. The third kappa shape index (κ3) is 1.49. The average molecular weight is 201 g/mol. The highest BCUT2D eigenvalue weighted by Gasteiger charge is 2.17. The van der Waals surface area contributed by atoms with Crippen molar-refractivity contribution >= 4 is 17.3 Å². The Labute approximate surface area is 80.8 Å². The van der Waals surface area contributed by atoms with Crippen LogP contribution in [0, 0.1) is 0 Å². The molecule has 0 aromatic carbocycles. The average Bonchev–Trinajstić information content (AvgIpc) is 2.16. The van der Waals surface area contributed by atoms with Crippen LogP contribution in [-0.2, 0) is 0 Å². The van der Waals surface area contributed by atoms with Crippen molar-refractivity contribution in [1.82, 2.24) is 4.98 Å². The minimum Gasteiger partial charge on any atom is -0.483 e. The molecule has 5 heteroatoms. The van der Waals surface area contributed by atoms with Gasteiger partial charge in [0, 0.05) is 13.1 Å². The van der Waals surface area contributed by atoms with E-state index in [0.717, 1.165) is 5.69 Å². The second-order valence-corrected chi connectivity index (χ2v) is 2.96. The zero-order valence-corrected chi connectivity index (χ0v) is 7.89. The molecular formula is C8H9ClN2O2. The van der Waals surface area contributed by atoms with E-state index in [4.69, 9.17) is 21.1 Å². The fraction of sp³-hybridized carbons (Fsp3) is 0.375. The Balaban J connectivity index is 2.50. The molecule has 0 saturated heterocycles. The highest BCUT2D eigenvalue weighted by Crippen LogP contribution is 2.37. The lowest BCUT2D eigenvalue weighted by molar-refractivity contribution is 0.165. The van der Waals surface area contributed by atoms with Crippen molar-refractivity contribution in [3.8, 4) is 11.6 Å². The number of hydrogen-bond donors (Lipinski definition) is 1. The molecule has 4 nitrogen and oxygen atoms in total. The number of rotatable bonds is 1. The number of anilines is 1. The first-order chi connectivity index (χ1) is 6.31. The SMILES string of the molecule is CNc1cc(Cl)nc2c1OCCO2. The lowest BCUT2D eigenvalue weighted by atomic mass is 10.3. The monoisotopic (exact) mass is 200 g/mol. The van der Waals surface area contributed by atoms with Crippen LogP contribution in [0.2, 0.25) is 5.15 Å². The lowest BCUT2D eigenvalue weighted by Gasteiger charge is -2.19. The number of pyridine rings is 1. The van der Waals surface area contributed by atoms with Gasteiger partial charge in [0.1, 0.15) is 18.4 Å². The summed E-state index contributed by atoms with van der Waals surface area (Å²) in [6, 6.07) is 1.70. The number of hydrogen-bond acceptors (Lipinski definition) is 4. The Hall–Kier alpha value is -1.16. The Morgan fingerprint density at radius 2 is 2.23 bits per heavy atom. The van der Waals surface area contributed by atoms with E-state index < -0.39 is 0 Å². The molecule has 0 spiro atoms. The third-order valence-corrected chi connectivity index (χ3v) is 1.94. The van der Waals surface area contributed by atoms with Crippen LogP contribution in [0.4, 0.5) is 5.69 Å². The van der Waals surface area contributed by atoms with Gasteiger partial charge >= 0.3 is 0 Å². The predicted octanol–water partition coefficient (Wildman–Crippen LogP) is 1.55. The van der Waals surface area contributed by atoms with Gasteiger partial charge in [0.25, 0.3) is 5.88 Å². The standard InChI is InChI=1S/C8H9ClN2O2/c1-10-5-4-6(9)11-8-7(5)12-2-3-13-8/h4H,2-3H2,1H3,(H,10,11). The van der Waals surface area contributed by atoms with Crippen molar-refractivity contribution in [2.75, 3.05) is 25.6 Å². The summed E-state index contributed by atoms with van der Waals surface area (Å²) in [5.41, 5.74) is 0.801. The van der Waals surface area contributed by atoms with E-state index in [1.165, 1.54) is 0 Å². The summed E-state index contributed by atoms with van der Waals surface area (Å²) < 4.78 is 10.7. The quantitative estimate of drug-likeness (QED) is 0.699. The van der Waals surface area contributed by atoms with E-state index in [1.807, 2.05) is 0 Å². The molecule has 1 aromatic rings. The van der Waals surface area contributed by atoms with Gasteiger partial charge in [-0.25, -0.2) is 0 Å². The second-order valence-electron chi connectivity index (χ2n) is 2.57. The minimum absolute atomic E-state index is 0.397. The van der Waals surface area contributed by atoms with Crippen molar-refractivity contribution in [2.45, 2.75) is 0 Å². The van der Waals surface area contributed by atoms with Gasteiger partial charge in [-0.3, -0.25) is 0 Å². The van der Waals surface area contributed by atoms with Crippen molar-refractivity contribution in [3.63, 3.8) is 0 Å². The van der Waals surface area contributed by atoms with E-state index >= 15 is 0 Å². The van der Waals surface area contributed by atoms with Gasteiger partial charge in [0.05, 0.1) is 5.69 Å². The zero-order valence-electron chi connectivity index (χ0n) is 7.13. The molecule has 1 aliphatic rings. The van der Waals surface area contributed by atoms with Crippen molar-refractivity contribution in [2.24, 2.45) is 0 Å². The molecule has 0 fully saturated rings. The van der Waals surface area contributed by atoms with E-state index in [0.29, 0.717) is 30.0 Å². The van der Waals surface area contributed by atoms with E-state index in [-0.39, 0.29) is 0 Å². The van der Waals surface area contributed by atoms with Crippen molar-refractivity contribution < 1.29 is 9.47 Å². The van der Waals surface area contributed by atoms with Crippen LogP contribution in [0.25, 0.3) is 0 Å². The molecule has 1 aliphatic heterocycles. The molecule has 0 aliphatic carbocycles.